The smallest absolute Gasteiger partial charge is 0.339 e. The first kappa shape index (κ1) is 21.9. The zero-order chi connectivity index (χ0) is 22.1. The Hall–Kier alpha value is -2.82. The summed E-state index contributed by atoms with van der Waals surface area (Å²) in [6.07, 6.45) is -8.28. The number of hydrogen-bond acceptors (Lipinski definition) is 4. The number of alkyl halides is 6. The molecule has 0 saturated heterocycles. The summed E-state index contributed by atoms with van der Waals surface area (Å²) in [5.74, 6) is 0.00362. The van der Waals surface area contributed by atoms with Gasteiger partial charge in [0, 0.05) is 24.7 Å². The molecule has 0 unspecified atom stereocenters. The van der Waals surface area contributed by atoms with Crippen molar-refractivity contribution in [2.75, 3.05) is 0 Å². The van der Waals surface area contributed by atoms with Gasteiger partial charge in [0.25, 0.3) is 5.56 Å². The van der Waals surface area contributed by atoms with Crippen LogP contribution in [0.2, 0.25) is 5.02 Å². The minimum atomic E-state index is -4.66. The van der Waals surface area contributed by atoms with Crippen LogP contribution in [0.15, 0.2) is 45.8 Å². The molecule has 0 N–H and O–H groups in total. The highest BCUT2D eigenvalue weighted by Crippen LogP contribution is 2.32. The number of aryl methyl sites for hydroxylation is 2. The van der Waals surface area contributed by atoms with E-state index in [4.69, 9.17) is 16.1 Å². The molecule has 0 radical (unpaired) electrons. The molecule has 5 nitrogen and oxygen atoms in total. The van der Waals surface area contributed by atoms with E-state index < -0.39 is 34.1 Å². The Bertz CT molecular complexity index is 1100. The van der Waals surface area contributed by atoms with Crippen LogP contribution in [-0.2, 0) is 25.3 Å². The van der Waals surface area contributed by atoms with Crippen molar-refractivity contribution in [3.63, 3.8) is 0 Å². The Labute approximate surface area is 169 Å². The van der Waals surface area contributed by atoms with E-state index in [-0.39, 0.29) is 36.7 Å². The van der Waals surface area contributed by atoms with Crippen LogP contribution in [0.3, 0.4) is 0 Å². The predicted molar refractivity (Wildman–Crippen MR) is 93.8 cm³/mol. The SMILES string of the molecule is O=c1c(Cl)cc(C(F)(F)F)cn1CCCc1nc(-c2cccc(C(F)(F)F)c2)no1. The van der Waals surface area contributed by atoms with Gasteiger partial charge in [0.2, 0.25) is 11.7 Å². The zero-order valence-corrected chi connectivity index (χ0v) is 15.6. The lowest BCUT2D eigenvalue weighted by Gasteiger charge is -2.11. The van der Waals surface area contributed by atoms with Crippen LogP contribution in [0.5, 0.6) is 0 Å². The van der Waals surface area contributed by atoms with Gasteiger partial charge in [-0.3, -0.25) is 4.79 Å². The number of aromatic nitrogens is 3. The van der Waals surface area contributed by atoms with Crippen LogP contribution in [-0.4, -0.2) is 14.7 Å². The lowest BCUT2D eigenvalue weighted by atomic mass is 10.1. The van der Waals surface area contributed by atoms with Crippen LogP contribution in [0.25, 0.3) is 11.4 Å². The fourth-order valence-electron chi connectivity index (χ4n) is 2.63. The average molecular weight is 452 g/mol. The second-order valence-electron chi connectivity index (χ2n) is 6.27. The molecular formula is C18H12ClF6N3O2. The van der Waals surface area contributed by atoms with E-state index in [1.165, 1.54) is 12.1 Å². The van der Waals surface area contributed by atoms with Crippen molar-refractivity contribution in [1.82, 2.24) is 14.7 Å². The van der Waals surface area contributed by atoms with E-state index >= 15 is 0 Å². The molecule has 0 bridgehead atoms. The molecule has 3 aromatic rings. The normalized spacial score (nSPS) is 12.4. The largest absolute Gasteiger partial charge is 0.417 e. The molecule has 0 aliphatic heterocycles. The first-order chi connectivity index (χ1) is 13.9. The highest BCUT2D eigenvalue weighted by molar-refractivity contribution is 6.30. The Morgan fingerprint density at radius 1 is 1.03 bits per heavy atom. The van der Waals surface area contributed by atoms with E-state index in [9.17, 15) is 31.1 Å². The molecule has 0 fully saturated rings. The minimum Gasteiger partial charge on any atom is -0.339 e. The van der Waals surface area contributed by atoms with Gasteiger partial charge in [-0.15, -0.1) is 0 Å². The first-order valence-corrected chi connectivity index (χ1v) is 8.80. The number of rotatable bonds is 5. The molecule has 0 atom stereocenters. The predicted octanol–water partition coefficient (Wildman–Crippen LogP) is 5.22. The average Bonchev–Trinajstić information content (AvgIpc) is 3.12. The summed E-state index contributed by atoms with van der Waals surface area (Å²) in [7, 11) is 0. The summed E-state index contributed by atoms with van der Waals surface area (Å²) in [5.41, 5.74) is -2.61. The van der Waals surface area contributed by atoms with E-state index in [0.717, 1.165) is 16.7 Å². The van der Waals surface area contributed by atoms with Gasteiger partial charge in [-0.05, 0) is 24.6 Å². The highest BCUT2D eigenvalue weighted by atomic mass is 35.5. The van der Waals surface area contributed by atoms with E-state index in [2.05, 4.69) is 10.1 Å². The van der Waals surface area contributed by atoms with Crippen LogP contribution in [0.1, 0.15) is 23.4 Å². The van der Waals surface area contributed by atoms with Gasteiger partial charge in [0.1, 0.15) is 5.02 Å². The van der Waals surface area contributed by atoms with E-state index in [0.29, 0.717) is 12.3 Å². The Balaban J connectivity index is 1.70. The maximum Gasteiger partial charge on any atom is 0.417 e. The molecule has 2 aromatic heterocycles. The monoisotopic (exact) mass is 451 g/mol. The van der Waals surface area contributed by atoms with Crippen molar-refractivity contribution in [2.24, 2.45) is 0 Å². The van der Waals surface area contributed by atoms with Crippen molar-refractivity contribution in [3.8, 4) is 11.4 Å². The van der Waals surface area contributed by atoms with Crippen LogP contribution in [0, 0.1) is 0 Å². The third kappa shape index (κ3) is 5.02. The molecule has 0 saturated carbocycles. The van der Waals surface area contributed by atoms with E-state index in [1.807, 2.05) is 0 Å². The Morgan fingerprint density at radius 3 is 2.40 bits per heavy atom. The molecular weight excluding hydrogens is 440 g/mol. The molecule has 0 spiro atoms. The molecule has 12 heteroatoms. The summed E-state index contributed by atoms with van der Waals surface area (Å²) in [6, 6.07) is 4.92. The lowest BCUT2D eigenvalue weighted by Crippen LogP contribution is -2.23. The summed E-state index contributed by atoms with van der Waals surface area (Å²) in [6.45, 7) is -0.107. The van der Waals surface area contributed by atoms with Crippen LogP contribution < -0.4 is 5.56 Å². The molecule has 30 heavy (non-hydrogen) atoms. The number of pyridine rings is 1. The van der Waals surface area contributed by atoms with Crippen molar-refractivity contribution in [1.29, 1.82) is 0 Å². The van der Waals surface area contributed by atoms with Crippen LogP contribution in [0.4, 0.5) is 26.3 Å². The topological polar surface area (TPSA) is 60.9 Å². The molecule has 0 aliphatic rings. The van der Waals surface area contributed by atoms with Gasteiger partial charge < -0.3 is 9.09 Å². The highest BCUT2D eigenvalue weighted by Gasteiger charge is 2.32. The summed E-state index contributed by atoms with van der Waals surface area (Å²) < 4.78 is 82.8. The maximum absolute atomic E-state index is 12.9. The van der Waals surface area contributed by atoms with Gasteiger partial charge in [0.15, 0.2) is 0 Å². The fourth-order valence-corrected chi connectivity index (χ4v) is 2.86. The van der Waals surface area contributed by atoms with Gasteiger partial charge in [-0.2, -0.15) is 31.3 Å². The van der Waals surface area contributed by atoms with E-state index in [1.54, 1.807) is 0 Å². The van der Waals surface area contributed by atoms with Crippen molar-refractivity contribution in [2.45, 2.75) is 31.7 Å². The zero-order valence-electron chi connectivity index (χ0n) is 14.9. The summed E-state index contributed by atoms with van der Waals surface area (Å²) in [5, 5.41) is 3.06. The molecule has 0 amide bonds. The fraction of sp³-hybridized carbons (Fsp3) is 0.278. The van der Waals surface area contributed by atoms with Crippen molar-refractivity contribution in [3.05, 3.63) is 68.9 Å². The first-order valence-electron chi connectivity index (χ1n) is 8.42. The second-order valence-corrected chi connectivity index (χ2v) is 6.67. The Kier molecular flexibility index (Phi) is 5.93. The Morgan fingerprint density at radius 2 is 1.73 bits per heavy atom. The van der Waals surface area contributed by atoms with Crippen molar-refractivity contribution >= 4 is 11.6 Å². The molecule has 3 rings (SSSR count). The quantitative estimate of drug-likeness (QED) is 0.499. The van der Waals surface area contributed by atoms with Crippen molar-refractivity contribution < 1.29 is 30.9 Å². The number of halogens is 7. The molecule has 2 heterocycles. The van der Waals surface area contributed by atoms with Crippen LogP contribution >= 0.6 is 11.6 Å². The third-order valence-corrected chi connectivity index (χ3v) is 4.35. The third-order valence-electron chi connectivity index (χ3n) is 4.08. The van der Waals surface area contributed by atoms with Gasteiger partial charge in [-0.25, -0.2) is 0 Å². The van der Waals surface area contributed by atoms with Gasteiger partial charge in [0.05, 0.1) is 11.1 Å². The number of benzene rings is 1. The van der Waals surface area contributed by atoms with Gasteiger partial charge in [-0.1, -0.05) is 28.9 Å². The summed E-state index contributed by atoms with van der Waals surface area (Å²) >= 11 is 5.58. The number of nitrogens with zero attached hydrogens (tertiary/aromatic N) is 3. The number of hydrogen-bond donors (Lipinski definition) is 0. The lowest BCUT2D eigenvalue weighted by molar-refractivity contribution is -0.138. The standard InChI is InChI=1S/C18H12ClF6N3O2/c19-13-8-12(18(23,24)25)9-28(16(13)29)6-2-5-14-26-15(27-30-14)10-3-1-4-11(7-10)17(20,21)22/h1,3-4,7-9H,2,5-6H2. The second kappa shape index (κ2) is 8.13. The molecule has 1 aromatic carbocycles. The minimum absolute atomic E-state index is 0.0598. The molecule has 0 aliphatic carbocycles. The van der Waals surface area contributed by atoms with Gasteiger partial charge >= 0.3 is 12.4 Å². The maximum atomic E-state index is 12.9. The summed E-state index contributed by atoms with van der Waals surface area (Å²) in [4.78, 5) is 15.9. The molecule has 160 valence electrons.